The Morgan fingerprint density at radius 1 is 1.10 bits per heavy atom. The Hall–Kier alpha value is -5.11. The Kier molecular flexibility index (Phi) is 8.81. The molecule has 1 amide bonds. The van der Waals surface area contributed by atoms with Gasteiger partial charge < -0.3 is 9.47 Å². The molecule has 13 nitrogen and oxygen atoms in total. The van der Waals surface area contributed by atoms with Crippen LogP contribution in [-0.4, -0.2) is 38.9 Å². The molecule has 40 heavy (non-hydrogen) atoms. The Bertz CT molecular complexity index is 1590. The summed E-state index contributed by atoms with van der Waals surface area (Å²) < 4.78 is 13.3. The van der Waals surface area contributed by atoms with Gasteiger partial charge in [0.15, 0.2) is 0 Å². The minimum Gasteiger partial charge on any atom is -0.496 e. The minimum absolute atomic E-state index is 0.0378. The van der Waals surface area contributed by atoms with E-state index in [1.807, 2.05) is 24.3 Å². The zero-order valence-corrected chi connectivity index (χ0v) is 22.5. The smallest absolute Gasteiger partial charge is 0.320 e. The van der Waals surface area contributed by atoms with Crippen molar-refractivity contribution in [2.75, 3.05) is 7.11 Å². The fourth-order valence-corrected chi connectivity index (χ4v) is 4.06. The molecule has 1 aromatic heterocycles. The first-order chi connectivity index (χ1) is 19.2. The SMILES string of the molecule is COc1cc(/C=N/NC(=O)c2nn(Cc3cccc(Br)c3)cc2[N+](=O)[O-])ccc1COc1ccc([N+](=O)[O-])cc1. The highest BCUT2D eigenvalue weighted by Crippen LogP contribution is 2.24. The number of rotatable bonds is 11. The molecule has 1 N–H and O–H groups in total. The number of methoxy groups -OCH3 is 1. The number of non-ortho nitro benzene ring substituents is 1. The fourth-order valence-electron chi connectivity index (χ4n) is 3.61. The highest BCUT2D eigenvalue weighted by molar-refractivity contribution is 9.10. The number of halogens is 1. The van der Waals surface area contributed by atoms with Gasteiger partial charge in [-0.1, -0.05) is 40.2 Å². The predicted octanol–water partition coefficient (Wildman–Crippen LogP) is 4.86. The topological polar surface area (TPSA) is 164 Å². The lowest BCUT2D eigenvalue weighted by Crippen LogP contribution is -2.19. The Morgan fingerprint density at radius 2 is 1.88 bits per heavy atom. The molecule has 204 valence electrons. The van der Waals surface area contributed by atoms with E-state index in [-0.39, 0.29) is 24.5 Å². The number of carbonyl (C=O) groups is 1. The van der Waals surface area contributed by atoms with E-state index < -0.39 is 21.4 Å². The summed E-state index contributed by atoms with van der Waals surface area (Å²) in [6, 6.07) is 18.2. The minimum atomic E-state index is -0.837. The van der Waals surface area contributed by atoms with Crippen LogP contribution >= 0.6 is 15.9 Å². The van der Waals surface area contributed by atoms with Crippen molar-refractivity contribution < 1.29 is 24.1 Å². The number of nitro groups is 2. The third-order valence-corrected chi connectivity index (χ3v) is 6.01. The molecule has 0 saturated carbocycles. The Labute approximate surface area is 235 Å². The van der Waals surface area contributed by atoms with E-state index in [0.29, 0.717) is 22.6 Å². The van der Waals surface area contributed by atoms with Crippen LogP contribution in [0.5, 0.6) is 11.5 Å². The average Bonchev–Trinajstić information content (AvgIpc) is 3.36. The third kappa shape index (κ3) is 7.05. The van der Waals surface area contributed by atoms with Crippen LogP contribution in [0.4, 0.5) is 11.4 Å². The van der Waals surface area contributed by atoms with E-state index in [0.717, 1.165) is 10.0 Å². The number of aromatic nitrogens is 2. The van der Waals surface area contributed by atoms with Crippen LogP contribution in [0.25, 0.3) is 0 Å². The molecule has 3 aromatic carbocycles. The molecular formula is C26H21BrN6O7. The number of hydrazone groups is 1. The van der Waals surface area contributed by atoms with Crippen molar-refractivity contribution in [3.8, 4) is 11.5 Å². The molecule has 4 aromatic rings. The maximum absolute atomic E-state index is 12.6. The van der Waals surface area contributed by atoms with Gasteiger partial charge in [0.05, 0.1) is 29.7 Å². The number of nitrogens with one attached hydrogen (secondary N) is 1. The zero-order chi connectivity index (χ0) is 28.6. The van der Waals surface area contributed by atoms with Crippen LogP contribution in [0.15, 0.2) is 82.5 Å². The standard InChI is InChI=1S/C26H21BrN6O7/c1-39-24-12-17(5-6-19(24)16-40-22-9-7-21(8-10-22)32(35)36)13-28-29-26(34)25-23(33(37)38)15-31(30-25)14-18-3-2-4-20(27)11-18/h2-13,15H,14,16H2,1H3,(H,29,34)/b28-13+. The quantitative estimate of drug-likeness (QED) is 0.143. The number of hydrogen-bond donors (Lipinski definition) is 1. The molecule has 0 unspecified atom stereocenters. The number of hydrogen-bond acceptors (Lipinski definition) is 9. The van der Waals surface area contributed by atoms with E-state index in [1.54, 1.807) is 18.2 Å². The average molecular weight is 609 g/mol. The van der Waals surface area contributed by atoms with Crippen molar-refractivity contribution in [2.24, 2.45) is 5.10 Å². The molecule has 0 radical (unpaired) electrons. The number of nitrogens with zero attached hydrogens (tertiary/aromatic N) is 5. The lowest BCUT2D eigenvalue weighted by molar-refractivity contribution is -0.385. The van der Waals surface area contributed by atoms with Gasteiger partial charge in [-0.15, -0.1) is 0 Å². The second-order valence-corrected chi connectivity index (χ2v) is 9.17. The molecule has 0 atom stereocenters. The van der Waals surface area contributed by atoms with Crippen LogP contribution < -0.4 is 14.9 Å². The third-order valence-electron chi connectivity index (χ3n) is 5.52. The number of benzene rings is 3. The molecule has 0 aliphatic rings. The maximum atomic E-state index is 12.6. The van der Waals surface area contributed by atoms with Crippen molar-refractivity contribution in [3.63, 3.8) is 0 Å². The van der Waals surface area contributed by atoms with Gasteiger partial charge in [0.25, 0.3) is 11.6 Å². The van der Waals surface area contributed by atoms with E-state index in [2.05, 4.69) is 31.6 Å². The molecule has 1 heterocycles. The molecule has 0 saturated heterocycles. The first-order valence-electron chi connectivity index (χ1n) is 11.6. The van der Waals surface area contributed by atoms with Crippen molar-refractivity contribution in [1.29, 1.82) is 0 Å². The van der Waals surface area contributed by atoms with Gasteiger partial charge in [0.2, 0.25) is 5.69 Å². The van der Waals surface area contributed by atoms with Gasteiger partial charge in [-0.05, 0) is 41.5 Å². The van der Waals surface area contributed by atoms with Crippen LogP contribution in [0.1, 0.15) is 27.2 Å². The van der Waals surface area contributed by atoms with Gasteiger partial charge in [-0.3, -0.25) is 29.7 Å². The Morgan fingerprint density at radius 3 is 2.55 bits per heavy atom. The van der Waals surface area contributed by atoms with Crippen molar-refractivity contribution in [3.05, 3.63) is 120 Å². The Balaban J connectivity index is 1.40. The van der Waals surface area contributed by atoms with Crippen LogP contribution in [0.2, 0.25) is 0 Å². The number of carbonyl (C=O) groups excluding carboxylic acids is 1. The van der Waals surface area contributed by atoms with Gasteiger partial charge in [-0.25, -0.2) is 5.43 Å². The predicted molar refractivity (Wildman–Crippen MR) is 148 cm³/mol. The van der Waals surface area contributed by atoms with Gasteiger partial charge >= 0.3 is 5.69 Å². The van der Waals surface area contributed by atoms with Gasteiger partial charge in [-0.2, -0.15) is 10.2 Å². The summed E-state index contributed by atoms with van der Waals surface area (Å²) in [5.74, 6) is 0.101. The lowest BCUT2D eigenvalue weighted by Gasteiger charge is -2.11. The number of amides is 1. The molecule has 4 rings (SSSR count). The van der Waals surface area contributed by atoms with Crippen LogP contribution in [0, 0.1) is 20.2 Å². The molecular weight excluding hydrogens is 588 g/mol. The van der Waals surface area contributed by atoms with E-state index in [9.17, 15) is 25.0 Å². The normalized spacial score (nSPS) is 10.8. The molecule has 0 bridgehead atoms. The van der Waals surface area contributed by atoms with Crippen molar-refractivity contribution >= 4 is 39.4 Å². The monoisotopic (exact) mass is 608 g/mol. The molecule has 0 aliphatic carbocycles. The van der Waals surface area contributed by atoms with E-state index in [4.69, 9.17) is 9.47 Å². The first kappa shape index (κ1) is 27.9. The second-order valence-electron chi connectivity index (χ2n) is 8.26. The molecule has 0 spiro atoms. The maximum Gasteiger partial charge on any atom is 0.320 e. The largest absolute Gasteiger partial charge is 0.496 e. The van der Waals surface area contributed by atoms with Gasteiger partial charge in [0.1, 0.15) is 24.3 Å². The summed E-state index contributed by atoms with van der Waals surface area (Å²) in [6.45, 7) is 0.373. The summed E-state index contributed by atoms with van der Waals surface area (Å²) in [5.41, 5.74) is 3.54. The molecule has 0 aliphatic heterocycles. The fraction of sp³-hybridized carbons (Fsp3) is 0.115. The van der Waals surface area contributed by atoms with Crippen molar-refractivity contribution in [2.45, 2.75) is 13.2 Å². The zero-order valence-electron chi connectivity index (χ0n) is 20.9. The molecule has 0 fully saturated rings. The molecule has 14 heteroatoms. The highest BCUT2D eigenvalue weighted by atomic mass is 79.9. The number of ether oxygens (including phenoxy) is 2. The summed E-state index contributed by atoms with van der Waals surface area (Å²) >= 11 is 3.37. The lowest BCUT2D eigenvalue weighted by atomic mass is 10.1. The summed E-state index contributed by atoms with van der Waals surface area (Å²) in [7, 11) is 1.48. The summed E-state index contributed by atoms with van der Waals surface area (Å²) in [6.07, 6.45) is 2.55. The van der Waals surface area contributed by atoms with Gasteiger partial charge in [0, 0.05) is 22.2 Å². The first-order valence-corrected chi connectivity index (χ1v) is 12.4. The van der Waals surface area contributed by atoms with E-state index in [1.165, 1.54) is 48.5 Å². The highest BCUT2D eigenvalue weighted by Gasteiger charge is 2.25. The summed E-state index contributed by atoms with van der Waals surface area (Å²) in [5, 5.41) is 30.3. The van der Waals surface area contributed by atoms with E-state index >= 15 is 0 Å². The second kappa shape index (κ2) is 12.6. The number of nitro benzene ring substituents is 1. The summed E-state index contributed by atoms with van der Waals surface area (Å²) in [4.78, 5) is 33.8. The van der Waals surface area contributed by atoms with Crippen LogP contribution in [0.3, 0.4) is 0 Å². The van der Waals surface area contributed by atoms with Crippen LogP contribution in [-0.2, 0) is 13.2 Å². The van der Waals surface area contributed by atoms with Crippen molar-refractivity contribution in [1.82, 2.24) is 15.2 Å².